The van der Waals surface area contributed by atoms with Crippen LogP contribution in [-0.4, -0.2) is 75.1 Å². The summed E-state index contributed by atoms with van der Waals surface area (Å²) >= 11 is 0. The third-order valence-electron chi connectivity index (χ3n) is 2.07. The lowest BCUT2D eigenvalue weighted by Crippen LogP contribution is -2.23. The minimum atomic E-state index is 0.0676. The number of hydrogen-bond donors (Lipinski definition) is 0. The summed E-state index contributed by atoms with van der Waals surface area (Å²) in [5, 5.41) is 0. The Balaban J connectivity index is 2.89. The molecule has 0 aromatic carbocycles. The Kier molecular flexibility index (Phi) is 5.99. The van der Waals surface area contributed by atoms with Gasteiger partial charge in [0, 0.05) is 0 Å². The second-order valence-electron chi connectivity index (χ2n) is 4.46. The number of hydrogen-bond acceptors (Lipinski definition) is 4. The van der Waals surface area contributed by atoms with Gasteiger partial charge in [-0.3, -0.25) is 18.7 Å². The van der Waals surface area contributed by atoms with Gasteiger partial charge in [-0.2, -0.15) is 0 Å². The van der Waals surface area contributed by atoms with Crippen LogP contribution in [0.3, 0.4) is 0 Å². The summed E-state index contributed by atoms with van der Waals surface area (Å²) in [5.74, 6) is 0. The SMILES string of the molecule is CN(C)P1P(N(C)C)P(N(C)C)P1N(C)C. The molecule has 16 heavy (non-hydrogen) atoms. The van der Waals surface area contributed by atoms with Crippen molar-refractivity contribution in [2.45, 2.75) is 0 Å². The second kappa shape index (κ2) is 6.14. The van der Waals surface area contributed by atoms with Gasteiger partial charge >= 0.3 is 0 Å². The maximum Gasteiger partial charge on any atom is 0.0582 e. The van der Waals surface area contributed by atoms with Crippen LogP contribution in [0.1, 0.15) is 0 Å². The summed E-state index contributed by atoms with van der Waals surface area (Å²) in [5.41, 5.74) is 0. The van der Waals surface area contributed by atoms with E-state index in [1.54, 1.807) is 0 Å². The first kappa shape index (κ1) is 15.6. The summed E-state index contributed by atoms with van der Waals surface area (Å²) in [6, 6.07) is 0. The third-order valence-corrected chi connectivity index (χ3v) is 35.9. The summed E-state index contributed by atoms with van der Waals surface area (Å²) in [6.45, 7) is 0. The summed E-state index contributed by atoms with van der Waals surface area (Å²) in [7, 11) is 18.3. The van der Waals surface area contributed by atoms with E-state index in [9.17, 15) is 0 Å². The molecule has 1 rings (SSSR count). The summed E-state index contributed by atoms with van der Waals surface area (Å²) < 4.78 is 9.98. The fourth-order valence-electron chi connectivity index (χ4n) is 1.53. The first-order valence-corrected chi connectivity index (χ1v) is 13.2. The molecule has 0 atom stereocenters. The highest BCUT2D eigenvalue weighted by Crippen LogP contribution is 3.21. The zero-order valence-corrected chi connectivity index (χ0v) is 15.2. The molecule has 4 nitrogen and oxygen atoms in total. The lowest BCUT2D eigenvalue weighted by molar-refractivity contribution is 0.653. The van der Waals surface area contributed by atoms with E-state index in [1.165, 1.54) is 0 Å². The van der Waals surface area contributed by atoms with Crippen LogP contribution in [-0.2, 0) is 0 Å². The van der Waals surface area contributed by atoms with Crippen molar-refractivity contribution in [1.29, 1.82) is 0 Å². The molecular weight excluding hydrogens is 276 g/mol. The first-order valence-electron chi connectivity index (χ1n) is 5.18. The highest BCUT2D eigenvalue weighted by atomic mass is 33.0. The largest absolute Gasteiger partial charge is 0.279 e. The molecule has 0 spiro atoms. The minimum Gasteiger partial charge on any atom is -0.279 e. The van der Waals surface area contributed by atoms with Crippen LogP contribution in [0.2, 0.25) is 0 Å². The zero-order valence-electron chi connectivity index (χ0n) is 11.6. The van der Waals surface area contributed by atoms with E-state index >= 15 is 0 Å². The van der Waals surface area contributed by atoms with Gasteiger partial charge in [0.1, 0.15) is 0 Å². The third kappa shape index (κ3) is 2.93. The average Bonchev–Trinajstić information content (AvgIpc) is 1.97. The predicted molar refractivity (Wildman–Crippen MR) is 82.4 cm³/mol. The topological polar surface area (TPSA) is 13.0 Å². The molecule has 0 amide bonds. The maximum absolute atomic E-state index is 2.50. The number of nitrogens with zero attached hydrogens (tertiary/aromatic N) is 4. The molecule has 1 aliphatic rings. The summed E-state index contributed by atoms with van der Waals surface area (Å²) in [6.07, 6.45) is 0. The Bertz CT molecular complexity index is 180. The second-order valence-corrected chi connectivity index (χ2v) is 22.7. The quantitative estimate of drug-likeness (QED) is 0.737. The fourth-order valence-corrected chi connectivity index (χ4v) is 39.8. The average molecular weight is 300 g/mol. The molecule has 1 aliphatic heterocycles. The van der Waals surface area contributed by atoms with Crippen LogP contribution >= 0.6 is 29.8 Å². The first-order chi connectivity index (χ1) is 7.29. The Labute approximate surface area is 105 Å². The molecule has 0 aromatic rings. The summed E-state index contributed by atoms with van der Waals surface area (Å²) in [4.78, 5) is 0. The van der Waals surface area contributed by atoms with E-state index in [4.69, 9.17) is 0 Å². The molecule has 1 saturated heterocycles. The predicted octanol–water partition coefficient (Wildman–Crippen LogP) is 3.49. The smallest absolute Gasteiger partial charge is 0.0582 e. The monoisotopic (exact) mass is 300 g/mol. The van der Waals surface area contributed by atoms with Crippen LogP contribution in [0.4, 0.5) is 0 Å². The molecule has 0 unspecified atom stereocenters. The van der Waals surface area contributed by atoms with Crippen molar-refractivity contribution in [2.24, 2.45) is 0 Å². The molecule has 1 heterocycles. The van der Waals surface area contributed by atoms with Gasteiger partial charge in [0.25, 0.3) is 0 Å². The van der Waals surface area contributed by atoms with Crippen molar-refractivity contribution in [3.8, 4) is 0 Å². The van der Waals surface area contributed by atoms with Crippen molar-refractivity contribution in [1.82, 2.24) is 18.7 Å². The van der Waals surface area contributed by atoms with E-state index < -0.39 is 0 Å². The number of rotatable bonds is 4. The standard InChI is InChI=1S/C8H24N4P4/c1-9(2)13-14(10(3)4)16(12(7)8)15(13)11(5)6/h1-8H3. The van der Waals surface area contributed by atoms with Gasteiger partial charge in [-0.25, -0.2) is 0 Å². The highest BCUT2D eigenvalue weighted by Gasteiger charge is 2.55. The van der Waals surface area contributed by atoms with Crippen LogP contribution in [0.5, 0.6) is 0 Å². The molecular formula is C8H24N4P4. The van der Waals surface area contributed by atoms with Crippen molar-refractivity contribution >= 4 is 29.8 Å². The lowest BCUT2D eigenvalue weighted by Gasteiger charge is -2.59. The van der Waals surface area contributed by atoms with Crippen molar-refractivity contribution in [2.75, 3.05) is 56.4 Å². The van der Waals surface area contributed by atoms with Crippen molar-refractivity contribution in [3.63, 3.8) is 0 Å². The zero-order chi connectivity index (χ0) is 12.6. The molecule has 0 aromatic heterocycles. The highest BCUT2D eigenvalue weighted by molar-refractivity contribution is 9.07. The molecule has 0 aliphatic carbocycles. The Hall–Kier alpha value is 1.56. The van der Waals surface area contributed by atoms with E-state index in [-0.39, 0.29) is 29.8 Å². The fraction of sp³-hybridized carbons (Fsp3) is 1.00. The van der Waals surface area contributed by atoms with E-state index in [0.29, 0.717) is 0 Å². The van der Waals surface area contributed by atoms with Gasteiger partial charge in [0.2, 0.25) is 0 Å². The van der Waals surface area contributed by atoms with Crippen LogP contribution in [0.25, 0.3) is 0 Å². The van der Waals surface area contributed by atoms with E-state index in [0.717, 1.165) is 0 Å². The Morgan fingerprint density at radius 3 is 0.562 bits per heavy atom. The Morgan fingerprint density at radius 1 is 0.375 bits per heavy atom. The van der Waals surface area contributed by atoms with Crippen LogP contribution in [0, 0.1) is 0 Å². The van der Waals surface area contributed by atoms with Gasteiger partial charge in [-0.15, -0.1) is 0 Å². The van der Waals surface area contributed by atoms with Crippen LogP contribution in [0.15, 0.2) is 0 Å². The van der Waals surface area contributed by atoms with Crippen molar-refractivity contribution in [3.05, 3.63) is 0 Å². The minimum absolute atomic E-state index is 0.0676. The lowest BCUT2D eigenvalue weighted by atomic mass is 11.3. The van der Waals surface area contributed by atoms with Crippen LogP contribution < -0.4 is 0 Å². The van der Waals surface area contributed by atoms with Crippen molar-refractivity contribution < 1.29 is 0 Å². The van der Waals surface area contributed by atoms with E-state index in [1.807, 2.05) is 0 Å². The van der Waals surface area contributed by atoms with Gasteiger partial charge in [0.15, 0.2) is 0 Å². The van der Waals surface area contributed by atoms with Gasteiger partial charge in [-0.05, 0) is 56.4 Å². The molecule has 96 valence electrons. The molecule has 0 radical (unpaired) electrons. The van der Waals surface area contributed by atoms with E-state index in [2.05, 4.69) is 75.1 Å². The maximum atomic E-state index is 2.50. The van der Waals surface area contributed by atoms with Gasteiger partial charge in [0.05, 0.1) is 29.8 Å². The molecule has 0 bridgehead atoms. The van der Waals surface area contributed by atoms with Gasteiger partial charge < -0.3 is 0 Å². The Morgan fingerprint density at radius 2 is 0.500 bits per heavy atom. The normalized spacial score (nSPS) is 35.2. The molecule has 0 saturated carbocycles. The molecule has 1 fully saturated rings. The van der Waals surface area contributed by atoms with Gasteiger partial charge in [-0.1, -0.05) is 0 Å². The molecule has 8 heteroatoms. The molecule has 0 N–H and O–H groups in total.